The molecule has 0 bridgehead atoms. The third-order valence-corrected chi connectivity index (χ3v) is 7.14. The molecule has 0 atom stereocenters. The van der Waals surface area contributed by atoms with Crippen LogP contribution in [0.25, 0.3) is 10.2 Å². The second-order valence-electron chi connectivity index (χ2n) is 7.49. The van der Waals surface area contributed by atoms with Gasteiger partial charge in [-0.05, 0) is 78.3 Å². The molecule has 31 heavy (non-hydrogen) atoms. The quantitative estimate of drug-likeness (QED) is 0.317. The fourth-order valence-corrected chi connectivity index (χ4v) is 5.08. The number of rotatable bonds is 7. The summed E-state index contributed by atoms with van der Waals surface area (Å²) >= 11 is 3.37. The fourth-order valence-electron chi connectivity index (χ4n) is 3.36. The Morgan fingerprint density at radius 2 is 1.71 bits per heavy atom. The van der Waals surface area contributed by atoms with Gasteiger partial charge >= 0.3 is 0 Å². The van der Waals surface area contributed by atoms with E-state index in [1.54, 1.807) is 40.4 Å². The van der Waals surface area contributed by atoms with Crippen molar-refractivity contribution in [1.82, 2.24) is 9.97 Å². The van der Waals surface area contributed by atoms with Crippen LogP contribution in [0.5, 0.6) is 0 Å². The van der Waals surface area contributed by atoms with Crippen LogP contribution in [0.4, 0.5) is 5.13 Å². The van der Waals surface area contributed by atoms with Gasteiger partial charge in [-0.1, -0.05) is 30.4 Å². The number of aromatic nitrogens is 2. The number of pyridine rings is 1. The van der Waals surface area contributed by atoms with Crippen LogP contribution in [-0.2, 0) is 17.8 Å². The van der Waals surface area contributed by atoms with Gasteiger partial charge in [0.25, 0.3) is 0 Å². The molecule has 1 amide bonds. The Morgan fingerprint density at radius 3 is 2.42 bits per heavy atom. The molecule has 0 aliphatic rings. The van der Waals surface area contributed by atoms with Crippen LogP contribution in [0.2, 0.25) is 0 Å². The molecule has 0 saturated carbocycles. The van der Waals surface area contributed by atoms with Crippen molar-refractivity contribution in [1.29, 1.82) is 0 Å². The lowest BCUT2D eigenvalue weighted by atomic mass is 10.1. The second-order valence-corrected chi connectivity index (χ2v) is 9.84. The maximum atomic E-state index is 13.4. The summed E-state index contributed by atoms with van der Waals surface area (Å²) in [5.41, 5.74) is 5.43. The molecule has 0 saturated heterocycles. The predicted octanol–water partition coefficient (Wildman–Crippen LogP) is 6.20. The topological polar surface area (TPSA) is 46.1 Å². The van der Waals surface area contributed by atoms with E-state index in [-0.39, 0.29) is 5.91 Å². The summed E-state index contributed by atoms with van der Waals surface area (Å²) in [5, 5.41) is 0.736. The number of fused-ring (bicyclic) bond motifs is 1. The van der Waals surface area contributed by atoms with Crippen molar-refractivity contribution < 1.29 is 4.79 Å². The average molecular weight is 448 g/mol. The van der Waals surface area contributed by atoms with Gasteiger partial charge in [0.2, 0.25) is 5.91 Å². The summed E-state index contributed by atoms with van der Waals surface area (Å²) in [5.74, 6) is 1.08. The number of carbonyl (C=O) groups is 1. The van der Waals surface area contributed by atoms with Crippen molar-refractivity contribution in [3.8, 4) is 0 Å². The van der Waals surface area contributed by atoms with Crippen LogP contribution in [0, 0.1) is 13.8 Å². The Hall–Kier alpha value is -2.70. The molecule has 0 spiro atoms. The molecule has 2 heterocycles. The van der Waals surface area contributed by atoms with E-state index in [1.807, 2.05) is 24.3 Å². The van der Waals surface area contributed by atoms with Crippen molar-refractivity contribution in [2.24, 2.45) is 0 Å². The molecule has 0 aliphatic heterocycles. The highest BCUT2D eigenvalue weighted by Crippen LogP contribution is 2.32. The van der Waals surface area contributed by atoms with Crippen molar-refractivity contribution in [2.75, 3.05) is 10.7 Å². The molecule has 0 radical (unpaired) electrons. The zero-order valence-corrected chi connectivity index (χ0v) is 19.6. The summed E-state index contributed by atoms with van der Waals surface area (Å²) in [7, 11) is 0. The minimum Gasteiger partial charge on any atom is -0.283 e. The first-order chi connectivity index (χ1) is 15.0. The van der Waals surface area contributed by atoms with Gasteiger partial charge in [-0.15, -0.1) is 11.8 Å². The van der Waals surface area contributed by atoms with Gasteiger partial charge in [-0.2, -0.15) is 0 Å². The van der Waals surface area contributed by atoms with E-state index in [2.05, 4.69) is 50.0 Å². The van der Waals surface area contributed by atoms with Crippen molar-refractivity contribution in [3.05, 3.63) is 83.2 Å². The largest absolute Gasteiger partial charge is 0.283 e. The number of hydrogen-bond acceptors (Lipinski definition) is 5. The average Bonchev–Trinajstić information content (AvgIpc) is 3.17. The number of hydrogen-bond donors (Lipinski definition) is 0. The maximum absolute atomic E-state index is 13.4. The summed E-state index contributed by atoms with van der Waals surface area (Å²) in [6.45, 7) is 6.81. The smallest absolute Gasteiger partial charge is 0.233 e. The molecule has 0 unspecified atom stereocenters. The van der Waals surface area contributed by atoms with E-state index in [0.717, 1.165) is 32.2 Å². The molecule has 4 nitrogen and oxygen atoms in total. The molecule has 2 aromatic carbocycles. The maximum Gasteiger partial charge on any atom is 0.233 e. The zero-order chi connectivity index (χ0) is 21.8. The van der Waals surface area contributed by atoms with Crippen molar-refractivity contribution in [2.45, 2.75) is 38.6 Å². The number of benzene rings is 2. The van der Waals surface area contributed by atoms with Crippen LogP contribution in [0.15, 0.2) is 65.8 Å². The molecular formula is C25H25N3OS2. The Bertz CT molecular complexity index is 1150. The minimum absolute atomic E-state index is 0.0419. The Balaban J connectivity index is 1.64. The van der Waals surface area contributed by atoms with Gasteiger partial charge in [0.1, 0.15) is 0 Å². The first-order valence-corrected chi connectivity index (χ1v) is 12.1. The fraction of sp³-hybridized carbons (Fsp3) is 0.240. The first kappa shape index (κ1) is 21.5. The number of anilines is 1. The highest BCUT2D eigenvalue weighted by molar-refractivity contribution is 7.99. The number of carbonyl (C=O) groups excluding carboxylic acids is 1. The summed E-state index contributed by atoms with van der Waals surface area (Å²) < 4.78 is 1.10. The van der Waals surface area contributed by atoms with E-state index in [0.29, 0.717) is 13.0 Å². The predicted molar refractivity (Wildman–Crippen MR) is 131 cm³/mol. The highest BCUT2D eigenvalue weighted by atomic mass is 32.2. The highest BCUT2D eigenvalue weighted by Gasteiger charge is 2.21. The molecule has 0 aliphatic carbocycles. The number of aryl methyl sites for hydroxylation is 2. The van der Waals surface area contributed by atoms with Crippen LogP contribution in [-0.4, -0.2) is 21.6 Å². The summed E-state index contributed by atoms with van der Waals surface area (Å²) in [6, 6.07) is 16.4. The normalized spacial score (nSPS) is 11.1. The zero-order valence-electron chi connectivity index (χ0n) is 18.0. The van der Waals surface area contributed by atoms with Crippen LogP contribution < -0.4 is 4.90 Å². The second kappa shape index (κ2) is 9.62. The van der Waals surface area contributed by atoms with Gasteiger partial charge < -0.3 is 0 Å². The van der Waals surface area contributed by atoms with Gasteiger partial charge in [0.15, 0.2) is 5.13 Å². The third kappa shape index (κ3) is 5.14. The molecule has 0 fully saturated rings. The van der Waals surface area contributed by atoms with Crippen LogP contribution in [0.1, 0.15) is 29.2 Å². The van der Waals surface area contributed by atoms with E-state index >= 15 is 0 Å². The van der Waals surface area contributed by atoms with E-state index in [4.69, 9.17) is 4.98 Å². The summed E-state index contributed by atoms with van der Waals surface area (Å²) in [4.78, 5) is 25.4. The third-order valence-electron chi connectivity index (χ3n) is 5.20. The van der Waals surface area contributed by atoms with E-state index < -0.39 is 0 Å². The minimum atomic E-state index is 0.0419. The molecule has 2 aromatic heterocycles. The van der Waals surface area contributed by atoms with Gasteiger partial charge in [-0.3, -0.25) is 14.7 Å². The molecular weight excluding hydrogens is 422 g/mol. The SMILES string of the molecule is CCSc1ccc(CC(=O)N(Cc2ccncc2)c2nc3cc(C)c(C)cc3s2)cc1. The lowest BCUT2D eigenvalue weighted by Crippen LogP contribution is -2.31. The van der Waals surface area contributed by atoms with E-state index in [9.17, 15) is 4.79 Å². The number of thioether (sulfide) groups is 1. The molecule has 158 valence electrons. The molecule has 6 heteroatoms. The molecule has 4 rings (SSSR count). The standard InChI is InChI=1S/C25H25N3OS2/c1-4-30-21-7-5-19(6-8-21)15-24(29)28(16-20-9-11-26-12-10-20)25-27-22-13-17(2)18(3)14-23(22)31-25/h5-14H,4,15-16H2,1-3H3. The number of nitrogens with zero attached hydrogens (tertiary/aromatic N) is 3. The van der Waals surface area contributed by atoms with Gasteiger partial charge in [0, 0.05) is 17.3 Å². The summed E-state index contributed by atoms with van der Waals surface area (Å²) in [6.07, 6.45) is 3.86. The van der Waals surface area contributed by atoms with Crippen molar-refractivity contribution >= 4 is 44.4 Å². The Morgan fingerprint density at radius 1 is 1.00 bits per heavy atom. The Labute approximate surface area is 191 Å². The lowest BCUT2D eigenvalue weighted by Gasteiger charge is -2.20. The molecule has 4 aromatic rings. The van der Waals surface area contributed by atoms with Crippen LogP contribution >= 0.6 is 23.1 Å². The monoisotopic (exact) mass is 447 g/mol. The molecule has 0 N–H and O–H groups in total. The van der Waals surface area contributed by atoms with Gasteiger partial charge in [0.05, 0.1) is 23.2 Å². The lowest BCUT2D eigenvalue weighted by molar-refractivity contribution is -0.118. The Kier molecular flexibility index (Phi) is 6.68. The number of amides is 1. The van der Waals surface area contributed by atoms with Crippen LogP contribution in [0.3, 0.4) is 0 Å². The van der Waals surface area contributed by atoms with Crippen molar-refractivity contribution in [3.63, 3.8) is 0 Å². The van der Waals surface area contributed by atoms with Gasteiger partial charge in [-0.25, -0.2) is 4.98 Å². The first-order valence-electron chi connectivity index (χ1n) is 10.3. The van der Waals surface area contributed by atoms with E-state index in [1.165, 1.54) is 16.0 Å². The number of thiazole rings is 1.